The normalized spacial score (nSPS) is 20.6. The number of rotatable bonds is 1. The molecule has 18 heavy (non-hydrogen) atoms. The van der Waals surface area contributed by atoms with Gasteiger partial charge in [-0.25, -0.2) is 4.98 Å². The molecule has 0 aromatic carbocycles. The molecular weight excluding hydrogens is 248 g/mol. The van der Waals surface area contributed by atoms with E-state index in [1.165, 1.54) is 34.8 Å². The van der Waals surface area contributed by atoms with Crippen LogP contribution >= 0.6 is 11.3 Å². The summed E-state index contributed by atoms with van der Waals surface area (Å²) in [5.41, 5.74) is 0.660. The van der Waals surface area contributed by atoms with E-state index in [0.29, 0.717) is 10.9 Å². The van der Waals surface area contributed by atoms with Gasteiger partial charge < -0.3 is 4.90 Å². The molecule has 2 aromatic rings. The van der Waals surface area contributed by atoms with Gasteiger partial charge in [-0.1, -0.05) is 18.3 Å². The van der Waals surface area contributed by atoms with Crippen LogP contribution in [0.5, 0.6) is 0 Å². The van der Waals surface area contributed by atoms with E-state index in [2.05, 4.69) is 21.9 Å². The van der Waals surface area contributed by atoms with Gasteiger partial charge in [-0.05, 0) is 25.7 Å². The molecule has 6 heteroatoms. The smallest absolute Gasteiger partial charge is 0.275 e. The van der Waals surface area contributed by atoms with Crippen molar-refractivity contribution in [1.29, 1.82) is 0 Å². The van der Waals surface area contributed by atoms with Crippen LogP contribution in [0.25, 0.3) is 4.96 Å². The van der Waals surface area contributed by atoms with E-state index in [9.17, 15) is 4.79 Å². The quantitative estimate of drug-likeness (QED) is 0.786. The Morgan fingerprint density at radius 2 is 2.33 bits per heavy atom. The van der Waals surface area contributed by atoms with Crippen molar-refractivity contribution in [2.45, 2.75) is 26.7 Å². The van der Waals surface area contributed by atoms with Crippen LogP contribution in [-0.4, -0.2) is 27.7 Å². The summed E-state index contributed by atoms with van der Waals surface area (Å²) in [5, 5.41) is 5.31. The van der Waals surface area contributed by atoms with Crippen molar-refractivity contribution in [3.8, 4) is 0 Å². The minimum Gasteiger partial charge on any atom is -0.346 e. The van der Waals surface area contributed by atoms with E-state index in [-0.39, 0.29) is 5.56 Å². The highest BCUT2D eigenvalue weighted by atomic mass is 32.1. The largest absolute Gasteiger partial charge is 0.346 e. The highest BCUT2D eigenvalue weighted by Gasteiger charge is 2.20. The van der Waals surface area contributed by atoms with Crippen LogP contribution < -0.4 is 10.5 Å². The number of fused-ring (bicyclic) bond motifs is 1. The predicted octanol–water partition coefficient (Wildman–Crippen LogP) is 1.70. The van der Waals surface area contributed by atoms with E-state index < -0.39 is 0 Å². The molecule has 0 spiro atoms. The van der Waals surface area contributed by atoms with Crippen LogP contribution in [0.15, 0.2) is 10.9 Å². The molecule has 0 bridgehead atoms. The number of piperidine rings is 1. The number of nitrogens with zero attached hydrogens (tertiary/aromatic N) is 4. The van der Waals surface area contributed by atoms with Gasteiger partial charge >= 0.3 is 0 Å². The lowest BCUT2D eigenvalue weighted by molar-refractivity contribution is 0.445. The summed E-state index contributed by atoms with van der Waals surface area (Å²) in [6.07, 6.45) is 2.47. The summed E-state index contributed by atoms with van der Waals surface area (Å²) < 4.78 is 1.41. The summed E-state index contributed by atoms with van der Waals surface area (Å²) in [6, 6.07) is 1.52. The molecule has 1 aliphatic rings. The van der Waals surface area contributed by atoms with Crippen molar-refractivity contribution in [2.24, 2.45) is 5.92 Å². The molecule has 1 saturated heterocycles. The second-order valence-corrected chi connectivity index (χ2v) is 5.94. The number of hydrogen-bond donors (Lipinski definition) is 0. The van der Waals surface area contributed by atoms with Crippen molar-refractivity contribution < 1.29 is 0 Å². The van der Waals surface area contributed by atoms with Gasteiger partial charge in [-0.2, -0.15) is 4.52 Å². The van der Waals surface area contributed by atoms with Crippen molar-refractivity contribution in [3.05, 3.63) is 22.1 Å². The second-order valence-electron chi connectivity index (χ2n) is 5.01. The summed E-state index contributed by atoms with van der Waals surface area (Å²) >= 11 is 1.50. The highest BCUT2D eigenvalue weighted by molar-refractivity contribution is 7.20. The molecule has 0 saturated carbocycles. The van der Waals surface area contributed by atoms with Gasteiger partial charge in [0.05, 0.1) is 0 Å². The molecule has 96 valence electrons. The van der Waals surface area contributed by atoms with Crippen LogP contribution in [0.3, 0.4) is 0 Å². The lowest BCUT2D eigenvalue weighted by Crippen LogP contribution is -2.34. The maximum atomic E-state index is 11.8. The maximum Gasteiger partial charge on any atom is 0.275 e. The zero-order chi connectivity index (χ0) is 12.7. The first-order valence-electron chi connectivity index (χ1n) is 6.26. The molecule has 1 aliphatic heterocycles. The molecule has 5 nitrogen and oxygen atoms in total. The van der Waals surface area contributed by atoms with Gasteiger partial charge in [0, 0.05) is 24.8 Å². The Morgan fingerprint density at radius 1 is 1.50 bits per heavy atom. The standard InChI is InChI=1S/C12H16N4OS/c1-8-4-3-5-15(7-8)12-14-16-10(17)6-9(2)13-11(16)18-12/h6,8H,3-5,7H2,1-2H3. The zero-order valence-corrected chi connectivity index (χ0v) is 11.4. The van der Waals surface area contributed by atoms with E-state index in [4.69, 9.17) is 0 Å². The topological polar surface area (TPSA) is 50.5 Å². The second kappa shape index (κ2) is 4.35. The van der Waals surface area contributed by atoms with Crippen molar-refractivity contribution in [1.82, 2.24) is 14.6 Å². The minimum atomic E-state index is -0.0925. The molecule has 1 atom stereocenters. The van der Waals surface area contributed by atoms with Gasteiger partial charge in [0.1, 0.15) is 0 Å². The van der Waals surface area contributed by atoms with Crippen molar-refractivity contribution in [3.63, 3.8) is 0 Å². The third kappa shape index (κ3) is 2.01. The van der Waals surface area contributed by atoms with Crippen LogP contribution in [0.1, 0.15) is 25.5 Å². The van der Waals surface area contributed by atoms with Crippen LogP contribution in [-0.2, 0) is 0 Å². The Morgan fingerprint density at radius 3 is 3.11 bits per heavy atom. The van der Waals surface area contributed by atoms with Crippen LogP contribution in [0.2, 0.25) is 0 Å². The fourth-order valence-electron chi connectivity index (χ4n) is 2.40. The summed E-state index contributed by atoms with van der Waals surface area (Å²) in [7, 11) is 0. The third-order valence-electron chi connectivity index (χ3n) is 3.29. The van der Waals surface area contributed by atoms with Crippen LogP contribution in [0, 0.1) is 12.8 Å². The predicted molar refractivity (Wildman–Crippen MR) is 72.5 cm³/mol. The highest BCUT2D eigenvalue weighted by Crippen LogP contribution is 2.26. The summed E-state index contributed by atoms with van der Waals surface area (Å²) in [5.74, 6) is 0.692. The first-order valence-corrected chi connectivity index (χ1v) is 7.07. The van der Waals surface area contributed by atoms with Gasteiger partial charge in [-0.15, -0.1) is 5.10 Å². The Hall–Kier alpha value is -1.43. The molecule has 0 N–H and O–H groups in total. The first kappa shape index (κ1) is 11.6. The third-order valence-corrected chi connectivity index (χ3v) is 4.26. The number of hydrogen-bond acceptors (Lipinski definition) is 5. The van der Waals surface area contributed by atoms with E-state index in [0.717, 1.165) is 23.9 Å². The molecule has 3 heterocycles. The Kier molecular flexibility index (Phi) is 2.81. The Balaban J connectivity index is 2.03. The molecule has 0 amide bonds. The van der Waals surface area contributed by atoms with Gasteiger partial charge in [0.2, 0.25) is 10.1 Å². The molecule has 0 aliphatic carbocycles. The van der Waals surface area contributed by atoms with Crippen LogP contribution in [0.4, 0.5) is 5.13 Å². The first-order chi connectivity index (χ1) is 8.63. The maximum absolute atomic E-state index is 11.8. The molecule has 2 aromatic heterocycles. The lowest BCUT2D eigenvalue weighted by atomic mass is 10.0. The average molecular weight is 264 g/mol. The van der Waals surface area contributed by atoms with Gasteiger partial charge in [0.15, 0.2) is 0 Å². The Bertz CT molecular complexity index is 633. The number of aryl methyl sites for hydroxylation is 1. The van der Waals surface area contributed by atoms with Gasteiger partial charge in [-0.3, -0.25) is 4.79 Å². The van der Waals surface area contributed by atoms with E-state index in [1.54, 1.807) is 0 Å². The fraction of sp³-hybridized carbons (Fsp3) is 0.583. The Labute approximate surface area is 109 Å². The summed E-state index contributed by atoms with van der Waals surface area (Å²) in [6.45, 7) is 6.14. The lowest BCUT2D eigenvalue weighted by Gasteiger charge is -2.30. The SMILES string of the molecule is Cc1cc(=O)n2nc(N3CCCC(C)C3)sc2n1. The number of anilines is 1. The summed E-state index contributed by atoms with van der Waals surface area (Å²) in [4.78, 5) is 19.1. The fourth-order valence-corrected chi connectivity index (χ4v) is 3.39. The molecule has 0 radical (unpaired) electrons. The minimum absolute atomic E-state index is 0.0925. The van der Waals surface area contributed by atoms with E-state index in [1.807, 2.05) is 6.92 Å². The molecular formula is C12H16N4OS. The van der Waals surface area contributed by atoms with Crippen molar-refractivity contribution in [2.75, 3.05) is 18.0 Å². The average Bonchev–Trinajstić information content (AvgIpc) is 2.73. The molecule has 1 unspecified atom stereocenters. The van der Waals surface area contributed by atoms with Gasteiger partial charge in [0.25, 0.3) is 5.56 Å². The monoisotopic (exact) mass is 264 g/mol. The van der Waals surface area contributed by atoms with E-state index >= 15 is 0 Å². The number of aromatic nitrogens is 3. The zero-order valence-electron chi connectivity index (χ0n) is 10.6. The van der Waals surface area contributed by atoms with Crippen molar-refractivity contribution >= 4 is 21.4 Å². The molecule has 3 rings (SSSR count). The molecule has 1 fully saturated rings.